The second kappa shape index (κ2) is 9.13. The molecule has 0 aromatic carbocycles. The average molecular weight is 422 g/mol. The van der Waals surface area contributed by atoms with Crippen molar-refractivity contribution in [3.05, 3.63) is 23.0 Å². The van der Waals surface area contributed by atoms with Crippen molar-refractivity contribution >= 4 is 28.9 Å². The predicted octanol–water partition coefficient (Wildman–Crippen LogP) is 0.429. The standard InChI is InChI=1S/C18H22N4O8/c1-4-11(24)5-13(25)27-6-12-15(30-29-10(3)23)9(2)18(28-12)22-8-21-14-16(22)19-7-20-17(14)26/h7-9,12,15,18H,4-6H2,1-3H3,(H,19,20,26)/t9?,12-,15-,18-/m1/s1. The van der Waals surface area contributed by atoms with Gasteiger partial charge in [-0.2, -0.15) is 4.89 Å². The first-order valence-corrected chi connectivity index (χ1v) is 9.38. The Bertz CT molecular complexity index is 999. The lowest BCUT2D eigenvalue weighted by molar-refractivity contribution is -0.308. The van der Waals surface area contributed by atoms with E-state index in [1.54, 1.807) is 18.4 Å². The zero-order valence-electron chi connectivity index (χ0n) is 16.7. The molecule has 0 amide bonds. The van der Waals surface area contributed by atoms with Crippen LogP contribution in [0.15, 0.2) is 17.4 Å². The lowest BCUT2D eigenvalue weighted by atomic mass is 10.0. The van der Waals surface area contributed by atoms with Gasteiger partial charge in [0.1, 0.15) is 37.2 Å². The molecular formula is C18H22N4O8. The van der Waals surface area contributed by atoms with E-state index in [0.717, 1.165) is 0 Å². The van der Waals surface area contributed by atoms with E-state index in [4.69, 9.17) is 14.4 Å². The summed E-state index contributed by atoms with van der Waals surface area (Å²) in [6.45, 7) is 4.39. The molecule has 2 aromatic rings. The van der Waals surface area contributed by atoms with Crippen molar-refractivity contribution in [1.82, 2.24) is 19.5 Å². The van der Waals surface area contributed by atoms with Gasteiger partial charge in [0.2, 0.25) is 0 Å². The Morgan fingerprint density at radius 2 is 2.07 bits per heavy atom. The fraction of sp³-hybridized carbons (Fsp3) is 0.556. The molecule has 0 aliphatic carbocycles. The monoisotopic (exact) mass is 422 g/mol. The molecule has 30 heavy (non-hydrogen) atoms. The molecule has 3 heterocycles. The summed E-state index contributed by atoms with van der Waals surface area (Å²) in [5.41, 5.74) is 0.0370. The van der Waals surface area contributed by atoms with Gasteiger partial charge >= 0.3 is 11.9 Å². The third-order valence-electron chi connectivity index (χ3n) is 4.71. The van der Waals surface area contributed by atoms with Gasteiger partial charge in [0.15, 0.2) is 11.2 Å². The van der Waals surface area contributed by atoms with Crippen molar-refractivity contribution in [2.45, 2.75) is 52.0 Å². The van der Waals surface area contributed by atoms with Crippen LogP contribution in [-0.2, 0) is 33.6 Å². The van der Waals surface area contributed by atoms with Crippen LogP contribution in [0.2, 0.25) is 0 Å². The molecule has 0 spiro atoms. The molecule has 12 nitrogen and oxygen atoms in total. The third-order valence-corrected chi connectivity index (χ3v) is 4.71. The van der Waals surface area contributed by atoms with Gasteiger partial charge in [0, 0.05) is 19.3 Å². The van der Waals surface area contributed by atoms with Gasteiger partial charge in [0.25, 0.3) is 5.56 Å². The largest absolute Gasteiger partial charge is 0.462 e. The van der Waals surface area contributed by atoms with Gasteiger partial charge in [-0.05, 0) is 0 Å². The highest BCUT2D eigenvalue weighted by atomic mass is 17.2. The molecule has 2 aromatic heterocycles. The number of Topliss-reactive ketones (excluding diaryl/α,β-unsaturated/α-hetero) is 1. The van der Waals surface area contributed by atoms with Crippen LogP contribution >= 0.6 is 0 Å². The second-order valence-electron chi connectivity index (χ2n) is 6.87. The molecule has 1 unspecified atom stereocenters. The highest BCUT2D eigenvalue weighted by Crippen LogP contribution is 2.37. The number of carbonyl (C=O) groups is 3. The fourth-order valence-corrected chi connectivity index (χ4v) is 3.17. The Kier molecular flexibility index (Phi) is 6.57. The van der Waals surface area contributed by atoms with Crippen LogP contribution in [0.1, 0.15) is 39.8 Å². The van der Waals surface area contributed by atoms with Gasteiger partial charge in [-0.3, -0.25) is 23.8 Å². The summed E-state index contributed by atoms with van der Waals surface area (Å²) < 4.78 is 12.7. The number of H-pyrrole nitrogens is 1. The maximum Gasteiger partial charge on any atom is 0.339 e. The van der Waals surface area contributed by atoms with E-state index in [0.29, 0.717) is 5.65 Å². The number of esters is 1. The number of rotatable bonds is 8. The molecule has 0 bridgehead atoms. The van der Waals surface area contributed by atoms with Crippen LogP contribution in [-0.4, -0.2) is 56.1 Å². The number of imidazole rings is 1. The predicted molar refractivity (Wildman–Crippen MR) is 98.7 cm³/mol. The zero-order chi connectivity index (χ0) is 21.8. The normalized spacial score (nSPS) is 23.4. The summed E-state index contributed by atoms with van der Waals surface area (Å²) in [4.78, 5) is 66.9. The summed E-state index contributed by atoms with van der Waals surface area (Å²) >= 11 is 0. The minimum atomic E-state index is -0.801. The number of fused-ring (bicyclic) bond motifs is 1. The average Bonchev–Trinajstić information content (AvgIpc) is 3.26. The SMILES string of the molecule is CCC(=O)CC(=O)OC[C@H]1O[C@@H](n2cnc3c(=O)[nH]cnc32)C(C)[C@H]1OOC(C)=O. The van der Waals surface area contributed by atoms with E-state index in [-0.39, 0.29) is 30.7 Å². The van der Waals surface area contributed by atoms with Crippen molar-refractivity contribution in [2.75, 3.05) is 6.61 Å². The smallest absolute Gasteiger partial charge is 0.339 e. The number of aromatic nitrogens is 4. The van der Waals surface area contributed by atoms with Crippen LogP contribution in [0.25, 0.3) is 11.2 Å². The Morgan fingerprint density at radius 1 is 1.30 bits per heavy atom. The molecule has 0 saturated carbocycles. The van der Waals surface area contributed by atoms with Gasteiger partial charge < -0.3 is 14.5 Å². The van der Waals surface area contributed by atoms with Gasteiger partial charge in [-0.25, -0.2) is 14.8 Å². The molecule has 1 aliphatic heterocycles. The van der Waals surface area contributed by atoms with E-state index in [1.807, 2.05) is 0 Å². The van der Waals surface area contributed by atoms with E-state index < -0.39 is 41.9 Å². The maximum absolute atomic E-state index is 11.9. The quantitative estimate of drug-likeness (QED) is 0.274. The van der Waals surface area contributed by atoms with Crippen LogP contribution < -0.4 is 5.56 Å². The van der Waals surface area contributed by atoms with Crippen molar-refractivity contribution < 1.29 is 33.6 Å². The number of carbonyl (C=O) groups excluding carboxylic acids is 3. The summed E-state index contributed by atoms with van der Waals surface area (Å²) in [6.07, 6.45) is 0.274. The van der Waals surface area contributed by atoms with E-state index >= 15 is 0 Å². The lowest BCUT2D eigenvalue weighted by Gasteiger charge is -2.19. The number of ketones is 1. The summed E-state index contributed by atoms with van der Waals surface area (Å²) in [5, 5.41) is 0. The van der Waals surface area contributed by atoms with Crippen LogP contribution in [0.4, 0.5) is 0 Å². The molecular weight excluding hydrogens is 400 g/mol. The molecule has 0 radical (unpaired) electrons. The Hall–Kier alpha value is -3.12. The molecule has 162 valence electrons. The molecule has 1 N–H and O–H groups in total. The molecule has 3 rings (SSSR count). The van der Waals surface area contributed by atoms with Gasteiger partial charge in [-0.15, -0.1) is 0 Å². The molecule has 1 fully saturated rings. The van der Waals surface area contributed by atoms with Gasteiger partial charge in [-0.1, -0.05) is 13.8 Å². The fourth-order valence-electron chi connectivity index (χ4n) is 3.17. The van der Waals surface area contributed by atoms with Crippen molar-refractivity contribution in [3.8, 4) is 0 Å². The van der Waals surface area contributed by atoms with Crippen molar-refractivity contribution in [3.63, 3.8) is 0 Å². The Morgan fingerprint density at radius 3 is 2.77 bits per heavy atom. The summed E-state index contributed by atoms with van der Waals surface area (Å²) in [7, 11) is 0. The second-order valence-corrected chi connectivity index (χ2v) is 6.87. The molecule has 1 aliphatic rings. The van der Waals surface area contributed by atoms with Gasteiger partial charge in [0.05, 0.1) is 12.7 Å². The first-order valence-electron chi connectivity index (χ1n) is 9.38. The summed E-state index contributed by atoms with van der Waals surface area (Å²) in [5.74, 6) is -1.98. The topological polar surface area (TPSA) is 152 Å². The molecule has 4 atom stereocenters. The number of ether oxygens (including phenoxy) is 2. The van der Waals surface area contributed by atoms with E-state index in [9.17, 15) is 19.2 Å². The number of nitrogens with zero attached hydrogens (tertiary/aromatic N) is 3. The Balaban J connectivity index is 1.79. The van der Waals surface area contributed by atoms with Crippen LogP contribution in [0, 0.1) is 5.92 Å². The minimum absolute atomic E-state index is 0.138. The number of nitrogens with one attached hydrogen (secondary N) is 1. The maximum atomic E-state index is 11.9. The molecule has 12 heteroatoms. The number of hydrogen-bond donors (Lipinski definition) is 1. The van der Waals surface area contributed by atoms with E-state index in [1.165, 1.54) is 19.6 Å². The van der Waals surface area contributed by atoms with Crippen molar-refractivity contribution in [1.29, 1.82) is 0 Å². The van der Waals surface area contributed by atoms with Crippen LogP contribution in [0.3, 0.4) is 0 Å². The highest BCUT2D eigenvalue weighted by Gasteiger charge is 2.46. The lowest BCUT2D eigenvalue weighted by Crippen LogP contribution is -2.34. The highest BCUT2D eigenvalue weighted by molar-refractivity contribution is 5.95. The minimum Gasteiger partial charge on any atom is -0.462 e. The zero-order valence-corrected chi connectivity index (χ0v) is 16.7. The number of aromatic amines is 1. The first kappa shape index (κ1) is 21.6. The van der Waals surface area contributed by atoms with Crippen LogP contribution in [0.5, 0.6) is 0 Å². The number of hydrogen-bond acceptors (Lipinski definition) is 10. The third kappa shape index (κ3) is 4.54. The molecule has 1 saturated heterocycles. The summed E-state index contributed by atoms with van der Waals surface area (Å²) in [6, 6.07) is 0. The van der Waals surface area contributed by atoms with Crippen molar-refractivity contribution in [2.24, 2.45) is 5.92 Å². The Labute approximate surface area is 170 Å². The first-order chi connectivity index (χ1) is 14.3. The van der Waals surface area contributed by atoms with E-state index in [2.05, 4.69) is 19.8 Å².